The van der Waals surface area contributed by atoms with E-state index < -0.39 is 23.5 Å². The third-order valence-electron chi connectivity index (χ3n) is 6.08. The average molecular weight is 474 g/mol. The zero-order valence-corrected chi connectivity index (χ0v) is 21.1. The lowest BCUT2D eigenvalue weighted by atomic mass is 9.85. The number of hydrogen-bond donors (Lipinski definition) is 4. The molecule has 1 aromatic rings. The quantitative estimate of drug-likeness (QED) is 0.419. The van der Waals surface area contributed by atoms with E-state index in [-0.39, 0.29) is 36.2 Å². The Bertz CT molecular complexity index is 868. The summed E-state index contributed by atoms with van der Waals surface area (Å²) < 4.78 is 0. The topological polar surface area (TPSA) is 120 Å². The molecule has 1 aliphatic heterocycles. The van der Waals surface area contributed by atoms with Gasteiger partial charge in [-0.05, 0) is 37.8 Å². The molecule has 4 amide bonds. The van der Waals surface area contributed by atoms with E-state index in [9.17, 15) is 19.2 Å². The van der Waals surface area contributed by atoms with Gasteiger partial charge in [-0.25, -0.2) is 0 Å². The molecule has 0 spiro atoms. The Hall–Kier alpha value is -2.94. The number of amides is 4. The molecule has 9 nitrogen and oxygen atoms in total. The molecule has 4 N–H and O–H groups in total. The van der Waals surface area contributed by atoms with Gasteiger partial charge in [0.15, 0.2) is 0 Å². The lowest BCUT2D eigenvalue weighted by Gasteiger charge is -2.36. The van der Waals surface area contributed by atoms with Crippen LogP contribution in [0.1, 0.15) is 46.6 Å². The third-order valence-corrected chi connectivity index (χ3v) is 6.08. The SMILES string of the molecule is CN[C@@H](C)C(=O)N[C@H](C(=O)N1C[C@@H](NC(C)=O)C[C@H]1C(=O)NCCc1ccccc1)C(C)(C)C. The number of benzene rings is 1. The van der Waals surface area contributed by atoms with Gasteiger partial charge >= 0.3 is 0 Å². The van der Waals surface area contributed by atoms with Crippen molar-refractivity contribution >= 4 is 23.6 Å². The first kappa shape index (κ1) is 27.3. The van der Waals surface area contributed by atoms with Crippen molar-refractivity contribution < 1.29 is 19.2 Å². The Labute approximate surface area is 202 Å². The minimum atomic E-state index is -0.827. The van der Waals surface area contributed by atoms with Crippen LogP contribution in [0.15, 0.2) is 30.3 Å². The molecule has 1 aliphatic rings. The Kier molecular flexibility index (Phi) is 9.61. The van der Waals surface area contributed by atoms with Crippen molar-refractivity contribution in [2.75, 3.05) is 20.1 Å². The second-order valence-electron chi connectivity index (χ2n) is 9.98. The van der Waals surface area contributed by atoms with E-state index in [4.69, 9.17) is 0 Å². The van der Waals surface area contributed by atoms with Gasteiger partial charge in [0.05, 0.1) is 6.04 Å². The minimum absolute atomic E-state index is 0.208. The molecular weight excluding hydrogens is 434 g/mol. The lowest BCUT2D eigenvalue weighted by Crippen LogP contribution is -2.59. The molecule has 0 bridgehead atoms. The number of hydrogen-bond acceptors (Lipinski definition) is 5. The van der Waals surface area contributed by atoms with Gasteiger partial charge in [0, 0.05) is 26.1 Å². The standard InChI is InChI=1S/C25H39N5O4/c1-16(26-6)22(32)29-21(25(3,4)5)24(34)30-15-19(28-17(2)31)14-20(30)23(33)27-13-12-18-10-8-7-9-11-18/h7-11,16,19-21,26H,12-15H2,1-6H3,(H,27,33)(H,28,31)(H,29,32)/t16-,19-,20-,21+/m0/s1. The van der Waals surface area contributed by atoms with E-state index in [1.807, 2.05) is 51.1 Å². The van der Waals surface area contributed by atoms with Gasteiger partial charge < -0.3 is 26.2 Å². The van der Waals surface area contributed by atoms with Crippen LogP contribution >= 0.6 is 0 Å². The highest BCUT2D eigenvalue weighted by Gasteiger charge is 2.45. The number of carbonyl (C=O) groups excluding carboxylic acids is 4. The normalized spacial score (nSPS) is 19.8. The zero-order chi connectivity index (χ0) is 25.5. The van der Waals surface area contributed by atoms with E-state index in [0.29, 0.717) is 19.4 Å². The molecule has 1 aromatic carbocycles. The van der Waals surface area contributed by atoms with Gasteiger partial charge in [-0.2, -0.15) is 0 Å². The summed E-state index contributed by atoms with van der Waals surface area (Å²) in [6, 6.07) is 7.45. The van der Waals surface area contributed by atoms with Crippen molar-refractivity contribution in [2.24, 2.45) is 5.41 Å². The van der Waals surface area contributed by atoms with Crippen LogP contribution in [0.25, 0.3) is 0 Å². The third kappa shape index (κ3) is 7.55. The molecule has 1 heterocycles. The number of rotatable bonds is 9. The highest BCUT2D eigenvalue weighted by atomic mass is 16.2. The summed E-state index contributed by atoms with van der Waals surface area (Å²) >= 11 is 0. The smallest absolute Gasteiger partial charge is 0.246 e. The van der Waals surface area contributed by atoms with Crippen LogP contribution in [0, 0.1) is 5.41 Å². The van der Waals surface area contributed by atoms with Gasteiger partial charge in [0.25, 0.3) is 0 Å². The Morgan fingerprint density at radius 2 is 1.76 bits per heavy atom. The predicted octanol–water partition coefficient (Wildman–Crippen LogP) is 0.590. The second kappa shape index (κ2) is 12.0. The van der Waals surface area contributed by atoms with E-state index in [1.54, 1.807) is 14.0 Å². The Morgan fingerprint density at radius 3 is 2.32 bits per heavy atom. The van der Waals surface area contributed by atoms with E-state index in [2.05, 4.69) is 21.3 Å². The molecule has 0 unspecified atom stereocenters. The molecule has 0 saturated carbocycles. The van der Waals surface area contributed by atoms with Crippen LogP contribution < -0.4 is 21.3 Å². The second-order valence-corrected chi connectivity index (χ2v) is 9.98. The van der Waals surface area contributed by atoms with E-state index in [0.717, 1.165) is 5.56 Å². The van der Waals surface area contributed by atoms with Crippen LogP contribution in [0.3, 0.4) is 0 Å². The first-order valence-electron chi connectivity index (χ1n) is 11.8. The summed E-state index contributed by atoms with van der Waals surface area (Å²) in [4.78, 5) is 52.5. The van der Waals surface area contributed by atoms with Crippen LogP contribution in [0.2, 0.25) is 0 Å². The van der Waals surface area contributed by atoms with Gasteiger partial charge in [-0.1, -0.05) is 51.1 Å². The molecule has 4 atom stereocenters. The molecule has 34 heavy (non-hydrogen) atoms. The fourth-order valence-electron chi connectivity index (χ4n) is 4.03. The number of carbonyl (C=O) groups is 4. The molecule has 0 radical (unpaired) electrons. The molecular formula is C25H39N5O4. The Balaban J connectivity index is 2.18. The van der Waals surface area contributed by atoms with Crippen LogP contribution in [0.5, 0.6) is 0 Å². The fourth-order valence-corrected chi connectivity index (χ4v) is 4.03. The van der Waals surface area contributed by atoms with Crippen molar-refractivity contribution in [2.45, 2.75) is 71.6 Å². The molecule has 1 saturated heterocycles. The summed E-state index contributed by atoms with van der Waals surface area (Å²) in [6.07, 6.45) is 0.991. The monoisotopic (exact) mass is 473 g/mol. The molecule has 9 heteroatoms. The highest BCUT2D eigenvalue weighted by molar-refractivity contribution is 5.94. The maximum Gasteiger partial charge on any atom is 0.246 e. The summed E-state index contributed by atoms with van der Waals surface area (Å²) in [7, 11) is 1.67. The number of likely N-dealkylation sites (tertiary alicyclic amines) is 1. The summed E-state index contributed by atoms with van der Waals surface area (Å²) in [6.45, 7) is 9.38. The zero-order valence-electron chi connectivity index (χ0n) is 21.1. The first-order chi connectivity index (χ1) is 15.9. The fraction of sp³-hybridized carbons (Fsp3) is 0.600. The maximum absolute atomic E-state index is 13.7. The van der Waals surface area contributed by atoms with Crippen molar-refractivity contribution in [1.82, 2.24) is 26.2 Å². The van der Waals surface area contributed by atoms with Gasteiger partial charge in [0.2, 0.25) is 23.6 Å². The van der Waals surface area contributed by atoms with Crippen molar-refractivity contribution in [3.63, 3.8) is 0 Å². The molecule has 188 valence electrons. The van der Waals surface area contributed by atoms with Crippen LogP contribution in [0.4, 0.5) is 0 Å². The molecule has 0 aliphatic carbocycles. The summed E-state index contributed by atoms with van der Waals surface area (Å²) in [5.41, 5.74) is 0.521. The minimum Gasteiger partial charge on any atom is -0.354 e. The van der Waals surface area contributed by atoms with Crippen molar-refractivity contribution in [3.8, 4) is 0 Å². The molecule has 1 fully saturated rings. The van der Waals surface area contributed by atoms with E-state index in [1.165, 1.54) is 11.8 Å². The largest absolute Gasteiger partial charge is 0.354 e. The van der Waals surface area contributed by atoms with Crippen molar-refractivity contribution in [1.29, 1.82) is 0 Å². The summed E-state index contributed by atoms with van der Waals surface area (Å²) in [5.74, 6) is -1.11. The van der Waals surface area contributed by atoms with Gasteiger partial charge in [-0.3, -0.25) is 19.2 Å². The number of nitrogens with zero attached hydrogens (tertiary/aromatic N) is 1. The number of likely N-dealkylation sites (N-methyl/N-ethyl adjacent to an activating group) is 1. The average Bonchev–Trinajstić information content (AvgIpc) is 3.19. The van der Waals surface area contributed by atoms with E-state index >= 15 is 0 Å². The summed E-state index contributed by atoms with van der Waals surface area (Å²) in [5, 5.41) is 11.5. The van der Waals surface area contributed by atoms with Gasteiger partial charge in [0.1, 0.15) is 12.1 Å². The van der Waals surface area contributed by atoms with Gasteiger partial charge in [-0.15, -0.1) is 0 Å². The Morgan fingerprint density at radius 1 is 1.12 bits per heavy atom. The van der Waals surface area contributed by atoms with Crippen LogP contribution in [-0.2, 0) is 25.6 Å². The lowest BCUT2D eigenvalue weighted by molar-refractivity contribution is -0.144. The van der Waals surface area contributed by atoms with Crippen LogP contribution in [-0.4, -0.2) is 72.8 Å². The highest BCUT2D eigenvalue weighted by Crippen LogP contribution is 2.26. The van der Waals surface area contributed by atoms with Crippen molar-refractivity contribution in [3.05, 3.63) is 35.9 Å². The molecule has 2 rings (SSSR count). The first-order valence-corrected chi connectivity index (χ1v) is 11.8. The predicted molar refractivity (Wildman–Crippen MR) is 131 cm³/mol. The maximum atomic E-state index is 13.7. The number of nitrogens with one attached hydrogen (secondary N) is 4. The molecule has 0 aromatic heterocycles.